The highest BCUT2D eigenvalue weighted by Gasteiger charge is 2.54. The van der Waals surface area contributed by atoms with Gasteiger partial charge in [0.25, 0.3) is 0 Å². The number of rotatable bonds is 2. The molecule has 1 aromatic heterocycles. The molecule has 102 valence electrons. The molecule has 1 aliphatic heterocycles. The third-order valence-electron chi connectivity index (χ3n) is 3.03. The number of aromatic nitrogens is 2. The molecule has 8 heteroatoms. The van der Waals surface area contributed by atoms with Crippen LogP contribution in [0.15, 0.2) is 17.1 Å². The summed E-state index contributed by atoms with van der Waals surface area (Å²) in [5.41, 5.74) is 2.82. The van der Waals surface area contributed by atoms with Gasteiger partial charge in [-0.25, -0.2) is 4.79 Å². The fourth-order valence-electron chi connectivity index (χ4n) is 1.92. The predicted octanol–water partition coefficient (Wildman–Crippen LogP) is -2.56. The van der Waals surface area contributed by atoms with Crippen LogP contribution in [0.4, 0.5) is 5.82 Å². The lowest BCUT2D eigenvalue weighted by molar-refractivity contribution is -0.0935. The number of hydrogen-bond acceptors (Lipinski definition) is 7. The van der Waals surface area contributed by atoms with Gasteiger partial charge in [-0.3, -0.25) is 4.57 Å². The highest BCUT2D eigenvalue weighted by atomic mass is 16.6. The van der Waals surface area contributed by atoms with Crippen molar-refractivity contribution in [3.05, 3.63) is 22.7 Å². The minimum atomic E-state index is -1.76. The molecule has 1 aromatic rings. The van der Waals surface area contributed by atoms with Crippen molar-refractivity contribution in [3.8, 4) is 12.3 Å². The van der Waals surface area contributed by atoms with Crippen LogP contribution >= 0.6 is 0 Å². The molecule has 8 nitrogen and oxygen atoms in total. The molecule has 2 heterocycles. The molecule has 19 heavy (non-hydrogen) atoms. The molecule has 0 spiro atoms. The van der Waals surface area contributed by atoms with Crippen molar-refractivity contribution in [2.45, 2.75) is 24.0 Å². The number of ether oxygens (including phenoxy) is 1. The predicted molar refractivity (Wildman–Crippen MR) is 63.7 cm³/mol. The third kappa shape index (κ3) is 1.98. The summed E-state index contributed by atoms with van der Waals surface area (Å²) in [6.45, 7) is -0.699. The summed E-state index contributed by atoms with van der Waals surface area (Å²) in [5.74, 6) is 2.11. The highest BCUT2D eigenvalue weighted by molar-refractivity contribution is 5.24. The Morgan fingerprint density at radius 1 is 1.63 bits per heavy atom. The average molecular weight is 267 g/mol. The maximum atomic E-state index is 11.7. The van der Waals surface area contributed by atoms with Crippen LogP contribution in [0, 0.1) is 12.3 Å². The number of hydrogen-bond donors (Lipinski definition) is 4. The second-order valence-electron chi connectivity index (χ2n) is 4.18. The Balaban J connectivity index is 2.43. The van der Waals surface area contributed by atoms with Gasteiger partial charge in [-0.05, 0) is 6.07 Å². The Morgan fingerprint density at radius 2 is 2.32 bits per heavy atom. The minimum Gasteiger partial charge on any atom is -0.392 e. The van der Waals surface area contributed by atoms with E-state index in [1.807, 2.05) is 0 Å². The molecule has 0 aromatic carbocycles. The summed E-state index contributed by atoms with van der Waals surface area (Å²) in [5, 5.41) is 29.0. The Labute approximate surface area is 108 Å². The lowest BCUT2D eigenvalue weighted by Gasteiger charge is -2.23. The van der Waals surface area contributed by atoms with Gasteiger partial charge in [0.1, 0.15) is 18.0 Å². The van der Waals surface area contributed by atoms with E-state index >= 15 is 0 Å². The van der Waals surface area contributed by atoms with Gasteiger partial charge in [0.05, 0.1) is 6.61 Å². The molecule has 0 saturated carbocycles. The fourth-order valence-corrected chi connectivity index (χ4v) is 1.92. The molecular weight excluding hydrogens is 254 g/mol. The summed E-state index contributed by atoms with van der Waals surface area (Å²) < 4.78 is 6.22. The van der Waals surface area contributed by atoms with Crippen LogP contribution in [-0.2, 0) is 4.74 Å². The summed E-state index contributed by atoms with van der Waals surface area (Å²) >= 11 is 0. The van der Waals surface area contributed by atoms with Gasteiger partial charge >= 0.3 is 5.69 Å². The summed E-state index contributed by atoms with van der Waals surface area (Å²) in [6, 6.07) is 1.33. The van der Waals surface area contributed by atoms with Crippen molar-refractivity contribution in [2.24, 2.45) is 0 Å². The molecular formula is C11H13N3O5. The second kappa shape index (κ2) is 4.64. The lowest BCUT2D eigenvalue weighted by Crippen LogP contribution is -2.45. The number of nitrogens with two attached hydrogens (primary N) is 1. The summed E-state index contributed by atoms with van der Waals surface area (Å²) in [6.07, 6.45) is 2.20. The molecule has 4 unspecified atom stereocenters. The van der Waals surface area contributed by atoms with Crippen molar-refractivity contribution in [2.75, 3.05) is 12.3 Å². The fraction of sp³-hybridized carbons (Fsp3) is 0.455. The van der Waals surface area contributed by atoms with Crippen LogP contribution in [0.5, 0.6) is 0 Å². The zero-order valence-corrected chi connectivity index (χ0v) is 9.80. The molecule has 4 atom stereocenters. The lowest BCUT2D eigenvalue weighted by atomic mass is 9.97. The highest BCUT2D eigenvalue weighted by Crippen LogP contribution is 2.35. The molecule has 2 rings (SSSR count). The average Bonchev–Trinajstić information content (AvgIpc) is 2.64. The molecule has 1 aliphatic rings. The maximum Gasteiger partial charge on any atom is 0.351 e. The third-order valence-corrected chi connectivity index (χ3v) is 3.03. The number of aliphatic hydroxyl groups excluding tert-OH is 3. The van der Waals surface area contributed by atoms with Gasteiger partial charge in [-0.15, -0.1) is 6.42 Å². The largest absolute Gasteiger partial charge is 0.392 e. The van der Waals surface area contributed by atoms with Gasteiger partial charge in [0.2, 0.25) is 0 Å². The SMILES string of the molecule is C#CC1(CO)OC(n2ccc(N)nc2=O)C(O)C1O. The zero-order valence-electron chi connectivity index (χ0n) is 9.80. The van der Waals surface area contributed by atoms with Crippen LogP contribution in [0.25, 0.3) is 0 Å². The molecule has 0 bridgehead atoms. The first-order valence-electron chi connectivity index (χ1n) is 5.42. The van der Waals surface area contributed by atoms with Crippen LogP contribution in [-0.4, -0.2) is 49.3 Å². The first kappa shape index (κ1) is 13.5. The van der Waals surface area contributed by atoms with Crippen molar-refractivity contribution in [3.63, 3.8) is 0 Å². The Bertz CT molecular complexity index is 580. The number of aliphatic hydroxyl groups is 3. The molecule has 0 aliphatic carbocycles. The maximum absolute atomic E-state index is 11.7. The monoisotopic (exact) mass is 267 g/mol. The molecule has 1 fully saturated rings. The number of nitrogen functional groups attached to an aromatic ring is 1. The van der Waals surface area contributed by atoms with Crippen molar-refractivity contribution < 1.29 is 20.1 Å². The molecule has 0 amide bonds. The quantitative estimate of drug-likeness (QED) is 0.433. The second-order valence-corrected chi connectivity index (χ2v) is 4.18. The topological polar surface area (TPSA) is 131 Å². The van der Waals surface area contributed by atoms with E-state index in [4.69, 9.17) is 16.9 Å². The zero-order chi connectivity index (χ0) is 14.2. The summed E-state index contributed by atoms with van der Waals surface area (Å²) in [4.78, 5) is 15.1. The summed E-state index contributed by atoms with van der Waals surface area (Å²) in [7, 11) is 0. The van der Waals surface area contributed by atoms with E-state index in [0.717, 1.165) is 4.57 Å². The van der Waals surface area contributed by atoms with E-state index in [0.29, 0.717) is 0 Å². The minimum absolute atomic E-state index is 0.0136. The first-order valence-corrected chi connectivity index (χ1v) is 5.42. The van der Waals surface area contributed by atoms with Gasteiger partial charge in [-0.1, -0.05) is 5.92 Å². The van der Waals surface area contributed by atoms with E-state index in [1.165, 1.54) is 12.3 Å². The van der Waals surface area contributed by atoms with Crippen molar-refractivity contribution >= 4 is 5.82 Å². The van der Waals surface area contributed by atoms with E-state index in [1.54, 1.807) is 0 Å². The van der Waals surface area contributed by atoms with E-state index < -0.39 is 36.3 Å². The molecule has 5 N–H and O–H groups in total. The number of nitrogens with zero attached hydrogens (tertiary/aromatic N) is 2. The number of terminal acetylenes is 1. The van der Waals surface area contributed by atoms with Crippen LogP contribution in [0.3, 0.4) is 0 Å². The van der Waals surface area contributed by atoms with E-state index in [-0.39, 0.29) is 5.82 Å². The first-order chi connectivity index (χ1) is 8.95. The Kier molecular flexibility index (Phi) is 3.30. The van der Waals surface area contributed by atoms with Crippen molar-refractivity contribution in [1.82, 2.24) is 9.55 Å². The van der Waals surface area contributed by atoms with Gasteiger partial charge in [-0.2, -0.15) is 4.98 Å². The number of anilines is 1. The molecule has 0 radical (unpaired) electrons. The van der Waals surface area contributed by atoms with E-state index in [9.17, 15) is 20.1 Å². The van der Waals surface area contributed by atoms with Gasteiger partial charge < -0.3 is 25.8 Å². The molecule has 1 saturated heterocycles. The smallest absolute Gasteiger partial charge is 0.351 e. The van der Waals surface area contributed by atoms with Gasteiger partial charge in [0, 0.05) is 6.20 Å². The van der Waals surface area contributed by atoms with E-state index in [2.05, 4.69) is 10.9 Å². The normalized spacial score (nSPS) is 34.1. The van der Waals surface area contributed by atoms with Crippen LogP contribution < -0.4 is 11.4 Å². The van der Waals surface area contributed by atoms with Crippen LogP contribution in [0.1, 0.15) is 6.23 Å². The standard InChI is InChI=1S/C11H13N3O5/c1-2-11(5-15)8(17)7(16)9(19-11)14-4-3-6(12)13-10(14)18/h1,3-4,7-9,15-17H,5H2,(H2,12,13,18). The Morgan fingerprint density at radius 3 is 2.79 bits per heavy atom. The van der Waals surface area contributed by atoms with Crippen molar-refractivity contribution in [1.29, 1.82) is 0 Å². The Hall–Kier alpha value is -1.92. The van der Waals surface area contributed by atoms with Gasteiger partial charge in [0.15, 0.2) is 11.8 Å². The van der Waals surface area contributed by atoms with Crippen LogP contribution in [0.2, 0.25) is 0 Å².